The fraction of sp³-hybridized carbons (Fsp3) is 0.588. The van der Waals surface area contributed by atoms with Gasteiger partial charge in [0.2, 0.25) is 5.91 Å². The number of halogens is 1. The van der Waals surface area contributed by atoms with Gasteiger partial charge in [-0.15, -0.1) is 0 Å². The molecule has 0 bridgehead atoms. The predicted molar refractivity (Wildman–Crippen MR) is 82.0 cm³/mol. The molecule has 0 radical (unpaired) electrons. The van der Waals surface area contributed by atoms with Gasteiger partial charge in [0.15, 0.2) is 0 Å². The number of β-amino-alcohol motifs (C(OH)–C–C–N with tert-alkyl or cyclic N) is 1. The van der Waals surface area contributed by atoms with Crippen LogP contribution in [0.3, 0.4) is 0 Å². The van der Waals surface area contributed by atoms with Gasteiger partial charge in [0.1, 0.15) is 5.82 Å². The SMILES string of the molecule is O=C(NCC1(c2ccc(F)cc2)CCCC1)[C@H]1C[C@@H](O)CN1. The Kier molecular flexibility index (Phi) is 4.45. The van der Waals surface area contributed by atoms with E-state index in [1.165, 1.54) is 12.1 Å². The number of benzene rings is 1. The van der Waals surface area contributed by atoms with Gasteiger partial charge in [-0.05, 0) is 37.0 Å². The zero-order valence-corrected chi connectivity index (χ0v) is 12.6. The maximum absolute atomic E-state index is 13.2. The Morgan fingerprint density at radius 3 is 2.59 bits per heavy atom. The fourth-order valence-corrected chi connectivity index (χ4v) is 3.72. The lowest BCUT2D eigenvalue weighted by Gasteiger charge is -2.30. The number of hydrogen-bond acceptors (Lipinski definition) is 3. The molecular formula is C17H23FN2O2. The first-order valence-corrected chi connectivity index (χ1v) is 8.04. The Hall–Kier alpha value is -1.46. The summed E-state index contributed by atoms with van der Waals surface area (Å²) < 4.78 is 13.2. The third-order valence-corrected chi connectivity index (χ3v) is 5.04. The molecule has 1 saturated carbocycles. The highest BCUT2D eigenvalue weighted by Crippen LogP contribution is 2.40. The van der Waals surface area contributed by atoms with Gasteiger partial charge in [0.05, 0.1) is 12.1 Å². The molecule has 0 unspecified atom stereocenters. The standard InChI is InChI=1S/C17H23FN2O2/c18-13-5-3-12(4-6-13)17(7-1-2-8-17)11-20-16(22)15-9-14(21)10-19-15/h3-6,14-15,19,21H,1-2,7-11H2,(H,20,22)/t14-,15-/m1/s1. The van der Waals surface area contributed by atoms with Gasteiger partial charge in [-0.25, -0.2) is 4.39 Å². The number of aliphatic hydroxyl groups excluding tert-OH is 1. The van der Waals surface area contributed by atoms with Crippen molar-refractivity contribution >= 4 is 5.91 Å². The van der Waals surface area contributed by atoms with Crippen molar-refractivity contribution in [2.45, 2.75) is 49.7 Å². The van der Waals surface area contributed by atoms with Crippen LogP contribution in [-0.2, 0) is 10.2 Å². The van der Waals surface area contributed by atoms with E-state index in [1.807, 2.05) is 12.1 Å². The molecular weight excluding hydrogens is 283 g/mol. The number of carbonyl (C=O) groups is 1. The molecule has 0 aromatic heterocycles. The van der Waals surface area contributed by atoms with Gasteiger partial charge in [0, 0.05) is 18.5 Å². The van der Waals surface area contributed by atoms with Crippen molar-refractivity contribution in [3.8, 4) is 0 Å². The van der Waals surface area contributed by atoms with Crippen molar-refractivity contribution < 1.29 is 14.3 Å². The lowest BCUT2D eigenvalue weighted by atomic mass is 9.78. The minimum Gasteiger partial charge on any atom is -0.392 e. The van der Waals surface area contributed by atoms with E-state index in [9.17, 15) is 14.3 Å². The quantitative estimate of drug-likeness (QED) is 0.789. The van der Waals surface area contributed by atoms with Crippen molar-refractivity contribution in [3.63, 3.8) is 0 Å². The van der Waals surface area contributed by atoms with E-state index in [0.29, 0.717) is 19.5 Å². The second-order valence-corrected chi connectivity index (χ2v) is 6.56. The average Bonchev–Trinajstić information content (AvgIpc) is 3.15. The molecule has 1 heterocycles. The lowest BCUT2D eigenvalue weighted by molar-refractivity contribution is -0.123. The molecule has 4 nitrogen and oxygen atoms in total. The summed E-state index contributed by atoms with van der Waals surface area (Å²) in [7, 11) is 0. The molecule has 2 fully saturated rings. The first-order chi connectivity index (χ1) is 10.6. The molecule has 1 aromatic rings. The van der Waals surface area contributed by atoms with Crippen LogP contribution >= 0.6 is 0 Å². The van der Waals surface area contributed by atoms with E-state index in [4.69, 9.17) is 0 Å². The summed E-state index contributed by atoms with van der Waals surface area (Å²) in [6, 6.07) is 6.36. The molecule has 2 aliphatic rings. The summed E-state index contributed by atoms with van der Waals surface area (Å²) in [5.41, 5.74) is 1.02. The van der Waals surface area contributed by atoms with Crippen LogP contribution in [0.25, 0.3) is 0 Å². The Labute approximate surface area is 130 Å². The topological polar surface area (TPSA) is 61.4 Å². The summed E-state index contributed by atoms with van der Waals surface area (Å²) in [5, 5.41) is 15.6. The summed E-state index contributed by atoms with van der Waals surface area (Å²) >= 11 is 0. The predicted octanol–water partition coefficient (Wildman–Crippen LogP) is 1.48. The maximum Gasteiger partial charge on any atom is 0.237 e. The lowest BCUT2D eigenvalue weighted by Crippen LogP contribution is -2.46. The second kappa shape index (κ2) is 6.34. The van der Waals surface area contributed by atoms with Gasteiger partial charge in [-0.1, -0.05) is 25.0 Å². The van der Waals surface area contributed by atoms with Gasteiger partial charge in [-0.2, -0.15) is 0 Å². The van der Waals surface area contributed by atoms with Crippen LogP contribution < -0.4 is 10.6 Å². The molecule has 22 heavy (non-hydrogen) atoms. The monoisotopic (exact) mass is 306 g/mol. The fourth-order valence-electron chi connectivity index (χ4n) is 3.72. The number of aliphatic hydroxyl groups is 1. The summed E-state index contributed by atoms with van der Waals surface area (Å²) in [6.07, 6.45) is 4.32. The Morgan fingerprint density at radius 2 is 2.00 bits per heavy atom. The molecule has 3 rings (SSSR count). The van der Waals surface area contributed by atoms with Crippen molar-refractivity contribution in [3.05, 3.63) is 35.6 Å². The summed E-state index contributed by atoms with van der Waals surface area (Å²) in [4.78, 5) is 12.2. The number of carbonyl (C=O) groups excluding carboxylic acids is 1. The smallest absolute Gasteiger partial charge is 0.237 e. The van der Waals surface area contributed by atoms with E-state index >= 15 is 0 Å². The van der Waals surface area contributed by atoms with Crippen molar-refractivity contribution in [2.24, 2.45) is 0 Å². The molecule has 3 N–H and O–H groups in total. The Bertz CT molecular complexity index is 526. The third-order valence-electron chi connectivity index (χ3n) is 5.04. The van der Waals surface area contributed by atoms with E-state index in [-0.39, 0.29) is 23.2 Å². The van der Waals surface area contributed by atoms with E-state index < -0.39 is 6.10 Å². The van der Waals surface area contributed by atoms with Crippen LogP contribution in [0.4, 0.5) is 4.39 Å². The van der Waals surface area contributed by atoms with Crippen molar-refractivity contribution in [1.29, 1.82) is 0 Å². The number of nitrogens with one attached hydrogen (secondary N) is 2. The van der Waals surface area contributed by atoms with Gasteiger partial charge in [-0.3, -0.25) is 4.79 Å². The zero-order chi connectivity index (χ0) is 15.6. The number of rotatable bonds is 4. The first-order valence-electron chi connectivity index (χ1n) is 8.04. The van der Waals surface area contributed by atoms with Crippen LogP contribution in [0.15, 0.2) is 24.3 Å². The molecule has 1 saturated heterocycles. The van der Waals surface area contributed by atoms with E-state index in [2.05, 4.69) is 10.6 Å². The molecule has 5 heteroatoms. The van der Waals surface area contributed by atoms with Crippen molar-refractivity contribution in [2.75, 3.05) is 13.1 Å². The van der Waals surface area contributed by atoms with Crippen LogP contribution in [0.1, 0.15) is 37.7 Å². The highest BCUT2D eigenvalue weighted by atomic mass is 19.1. The number of amides is 1. The average molecular weight is 306 g/mol. The van der Waals surface area contributed by atoms with Crippen LogP contribution in [0.5, 0.6) is 0 Å². The highest BCUT2D eigenvalue weighted by Gasteiger charge is 2.37. The normalized spacial score (nSPS) is 27.0. The van der Waals surface area contributed by atoms with Gasteiger partial charge >= 0.3 is 0 Å². The zero-order valence-electron chi connectivity index (χ0n) is 12.6. The van der Waals surface area contributed by atoms with Crippen LogP contribution in [0, 0.1) is 5.82 Å². The Balaban J connectivity index is 1.67. The highest BCUT2D eigenvalue weighted by molar-refractivity contribution is 5.82. The third kappa shape index (κ3) is 3.15. The minimum absolute atomic E-state index is 0.0510. The molecule has 1 amide bonds. The minimum atomic E-state index is -0.437. The maximum atomic E-state index is 13.2. The molecule has 1 aromatic carbocycles. The van der Waals surface area contributed by atoms with E-state index in [0.717, 1.165) is 31.2 Å². The molecule has 1 aliphatic heterocycles. The molecule has 120 valence electrons. The summed E-state index contributed by atoms with van der Waals surface area (Å²) in [5.74, 6) is -0.282. The second-order valence-electron chi connectivity index (χ2n) is 6.56. The van der Waals surface area contributed by atoms with Crippen LogP contribution in [0.2, 0.25) is 0 Å². The number of hydrogen-bond donors (Lipinski definition) is 3. The van der Waals surface area contributed by atoms with E-state index in [1.54, 1.807) is 0 Å². The van der Waals surface area contributed by atoms with Crippen LogP contribution in [-0.4, -0.2) is 36.2 Å². The molecule has 1 aliphatic carbocycles. The van der Waals surface area contributed by atoms with Gasteiger partial charge < -0.3 is 15.7 Å². The largest absolute Gasteiger partial charge is 0.392 e. The first kappa shape index (κ1) is 15.4. The Morgan fingerprint density at radius 1 is 1.32 bits per heavy atom. The molecule has 2 atom stereocenters. The summed E-state index contributed by atoms with van der Waals surface area (Å²) in [6.45, 7) is 1.05. The van der Waals surface area contributed by atoms with Crippen molar-refractivity contribution in [1.82, 2.24) is 10.6 Å². The van der Waals surface area contributed by atoms with Gasteiger partial charge in [0.25, 0.3) is 0 Å². The molecule has 0 spiro atoms.